The number of ketones is 1. The molecule has 10 heteroatoms. The number of carbonyl (C=O) groups excluding carboxylic acids is 4. The maximum atomic E-state index is 13.8. The molecule has 1 aliphatic carbocycles. The fourth-order valence-corrected chi connectivity index (χ4v) is 4.24. The average molecular weight is 717 g/mol. The highest BCUT2D eigenvalue weighted by Crippen LogP contribution is 2.30. The molecule has 0 spiro atoms. The summed E-state index contributed by atoms with van der Waals surface area (Å²) >= 11 is 10.1. The van der Waals surface area contributed by atoms with Gasteiger partial charge in [0.05, 0.1) is 6.04 Å². The Labute approximate surface area is 303 Å². The van der Waals surface area contributed by atoms with Crippen LogP contribution in [-0.4, -0.2) is 63.9 Å². The first-order chi connectivity index (χ1) is 22.6. The van der Waals surface area contributed by atoms with E-state index in [0.717, 1.165) is 57.7 Å². The molecule has 0 aromatic rings. The number of amides is 2. The van der Waals surface area contributed by atoms with Gasteiger partial charge in [-0.2, -0.15) is 0 Å². The Morgan fingerprint density at radius 2 is 1.46 bits per heavy atom. The average Bonchev–Trinajstić information content (AvgIpc) is 3.54. The van der Waals surface area contributed by atoms with Gasteiger partial charge in [-0.05, 0) is 92.1 Å². The number of hydrogen-bond donors (Lipinski definition) is 2. The summed E-state index contributed by atoms with van der Waals surface area (Å²) in [4.78, 5) is 48.5. The SMILES string of the molecule is C=CCC.C=CCC.CC(Cl)Cl.CC/C=C(\NC(C(=O)N1CC=CC1C(=O)NC(C)C(C)=O)C1CCCCC1)OC(C)(C)CC.CC=O. The van der Waals surface area contributed by atoms with E-state index in [4.69, 9.17) is 32.7 Å². The van der Waals surface area contributed by atoms with Crippen molar-refractivity contribution in [3.8, 4) is 0 Å². The second-order valence-corrected chi connectivity index (χ2v) is 13.6. The standard InChI is InChI=1S/C26H43N3O4.2C4H8.C2H4Cl2.C2H4O/c1-7-13-22(33-26(5,6)8-2)28-23(20-14-10-9-11-15-20)25(32)29-17-12-16-21(29)24(31)27-18(3)19(4)30;2*1-3-4-2;1-2(3)4;1-2-3/h12-13,16,18,20-21,23,28H,7-11,14-15,17H2,1-6H3,(H,27,31);2*3H,1,4H2,2H3;2H,1H3;2H,1H3/b22-13+;;;;. The zero-order chi connectivity index (χ0) is 37.7. The number of nitrogens with one attached hydrogen (secondary N) is 2. The van der Waals surface area contributed by atoms with Gasteiger partial charge < -0.3 is 25.1 Å². The molecule has 8 nitrogen and oxygen atoms in total. The number of nitrogens with zero attached hydrogens (tertiary/aromatic N) is 1. The molecule has 0 aromatic heterocycles. The van der Waals surface area contributed by atoms with Crippen molar-refractivity contribution in [1.82, 2.24) is 15.5 Å². The van der Waals surface area contributed by atoms with Gasteiger partial charge in [-0.1, -0.05) is 71.3 Å². The Bertz CT molecular complexity index is 965. The largest absolute Gasteiger partial charge is 0.474 e. The Morgan fingerprint density at radius 1 is 0.979 bits per heavy atom. The van der Waals surface area contributed by atoms with Gasteiger partial charge in [0.15, 0.2) is 11.7 Å². The number of Topliss-reactive ketones (excluding diaryl/α,β-unsaturated/α-hetero) is 1. The lowest BCUT2D eigenvalue weighted by molar-refractivity contribution is -0.141. The zero-order valence-corrected chi connectivity index (χ0v) is 33.1. The smallest absolute Gasteiger partial charge is 0.247 e. The summed E-state index contributed by atoms with van der Waals surface area (Å²) in [5, 5.41) is 6.18. The minimum atomic E-state index is -0.709. The first-order valence-corrected chi connectivity index (χ1v) is 18.3. The van der Waals surface area contributed by atoms with E-state index in [1.165, 1.54) is 20.3 Å². The van der Waals surface area contributed by atoms with E-state index < -0.39 is 18.1 Å². The molecule has 2 rings (SSSR count). The Kier molecular flexibility index (Phi) is 31.6. The van der Waals surface area contributed by atoms with Crippen molar-refractivity contribution in [2.75, 3.05) is 6.54 Å². The molecule has 3 unspecified atom stereocenters. The second-order valence-electron chi connectivity index (χ2n) is 12.1. The van der Waals surface area contributed by atoms with Crippen LogP contribution in [0.3, 0.4) is 0 Å². The predicted molar refractivity (Wildman–Crippen MR) is 204 cm³/mol. The molecule has 0 aromatic carbocycles. The summed E-state index contributed by atoms with van der Waals surface area (Å²) in [6.07, 6.45) is 19.2. The molecule has 1 heterocycles. The molecule has 48 heavy (non-hydrogen) atoms. The van der Waals surface area contributed by atoms with Crippen LogP contribution in [-0.2, 0) is 23.9 Å². The third kappa shape index (κ3) is 24.5. The minimum Gasteiger partial charge on any atom is -0.474 e. The van der Waals surface area contributed by atoms with Gasteiger partial charge in [0, 0.05) is 6.54 Å². The molecule has 0 bridgehead atoms. The molecule has 2 N–H and O–H groups in total. The number of alkyl halides is 2. The van der Waals surface area contributed by atoms with E-state index in [9.17, 15) is 14.4 Å². The lowest BCUT2D eigenvalue weighted by Gasteiger charge is -2.37. The van der Waals surface area contributed by atoms with Crippen molar-refractivity contribution < 1.29 is 23.9 Å². The van der Waals surface area contributed by atoms with E-state index in [0.29, 0.717) is 12.4 Å². The molecule has 3 atom stereocenters. The van der Waals surface area contributed by atoms with Crippen molar-refractivity contribution in [2.45, 2.75) is 156 Å². The predicted octanol–water partition coefficient (Wildman–Crippen LogP) is 9.02. The Morgan fingerprint density at radius 3 is 1.85 bits per heavy atom. The maximum Gasteiger partial charge on any atom is 0.247 e. The van der Waals surface area contributed by atoms with E-state index in [2.05, 4.69) is 44.6 Å². The first-order valence-electron chi connectivity index (χ1n) is 17.4. The lowest BCUT2D eigenvalue weighted by Crippen LogP contribution is -2.56. The fourth-order valence-electron chi connectivity index (χ4n) is 4.24. The minimum absolute atomic E-state index is 0.0950. The molecule has 1 aliphatic heterocycles. The molecule has 1 fully saturated rings. The van der Waals surface area contributed by atoms with Crippen LogP contribution >= 0.6 is 23.2 Å². The van der Waals surface area contributed by atoms with Gasteiger partial charge in [0.1, 0.15) is 28.8 Å². The third-order valence-electron chi connectivity index (χ3n) is 7.37. The Balaban J connectivity index is -0.00000113. The van der Waals surface area contributed by atoms with Crippen molar-refractivity contribution in [1.29, 1.82) is 0 Å². The van der Waals surface area contributed by atoms with Crippen molar-refractivity contribution in [2.24, 2.45) is 5.92 Å². The number of ether oxygens (including phenoxy) is 1. The summed E-state index contributed by atoms with van der Waals surface area (Å²) in [7, 11) is 0. The van der Waals surface area contributed by atoms with Crippen LogP contribution in [0.1, 0.15) is 127 Å². The van der Waals surface area contributed by atoms with Crippen molar-refractivity contribution in [3.05, 3.63) is 49.4 Å². The van der Waals surface area contributed by atoms with E-state index in [1.54, 1.807) is 24.8 Å². The third-order valence-corrected chi connectivity index (χ3v) is 7.37. The molecule has 278 valence electrons. The molecule has 0 radical (unpaired) electrons. The summed E-state index contributed by atoms with van der Waals surface area (Å²) in [6, 6.07) is -1.76. The van der Waals surface area contributed by atoms with Crippen LogP contribution in [0.4, 0.5) is 0 Å². The van der Waals surface area contributed by atoms with Gasteiger partial charge in [0.25, 0.3) is 0 Å². The number of hydrogen-bond acceptors (Lipinski definition) is 6. The van der Waals surface area contributed by atoms with Crippen LogP contribution in [0.25, 0.3) is 0 Å². The van der Waals surface area contributed by atoms with Gasteiger partial charge in [-0.25, -0.2) is 0 Å². The van der Waals surface area contributed by atoms with E-state index in [1.807, 2.05) is 45.1 Å². The quantitative estimate of drug-likeness (QED) is 0.0854. The Hall–Kier alpha value is -2.58. The molecular formula is C38H67Cl2N3O5. The van der Waals surface area contributed by atoms with Crippen LogP contribution in [0.2, 0.25) is 0 Å². The number of allylic oxidation sites excluding steroid dienone is 3. The van der Waals surface area contributed by atoms with Gasteiger partial charge >= 0.3 is 0 Å². The van der Waals surface area contributed by atoms with Crippen LogP contribution < -0.4 is 10.6 Å². The van der Waals surface area contributed by atoms with Crippen molar-refractivity contribution in [3.63, 3.8) is 0 Å². The van der Waals surface area contributed by atoms with Gasteiger partial charge in [-0.3, -0.25) is 14.4 Å². The topological polar surface area (TPSA) is 105 Å². The van der Waals surface area contributed by atoms with E-state index in [-0.39, 0.29) is 34.0 Å². The van der Waals surface area contributed by atoms with Crippen LogP contribution in [0.5, 0.6) is 0 Å². The van der Waals surface area contributed by atoms with Crippen LogP contribution in [0.15, 0.2) is 49.4 Å². The summed E-state index contributed by atoms with van der Waals surface area (Å²) in [5.41, 5.74) is -0.353. The molecule has 0 saturated heterocycles. The summed E-state index contributed by atoms with van der Waals surface area (Å²) < 4.78 is 6.26. The summed E-state index contributed by atoms with van der Waals surface area (Å²) in [6.45, 7) is 25.9. The van der Waals surface area contributed by atoms with Gasteiger partial charge in [-0.15, -0.1) is 36.4 Å². The summed E-state index contributed by atoms with van der Waals surface area (Å²) in [5.74, 6) is 0.277. The first kappa shape index (κ1) is 49.8. The van der Waals surface area contributed by atoms with Crippen LogP contribution in [0, 0.1) is 5.92 Å². The van der Waals surface area contributed by atoms with E-state index >= 15 is 0 Å². The number of aldehydes is 1. The molecule has 2 aliphatic rings. The number of halogens is 2. The van der Waals surface area contributed by atoms with Crippen molar-refractivity contribution >= 4 is 47.1 Å². The molecule has 1 saturated carbocycles. The fraction of sp³-hybridized carbons (Fsp3) is 0.684. The number of carbonyl (C=O) groups is 4. The highest BCUT2D eigenvalue weighted by molar-refractivity contribution is 6.43. The normalized spacial score (nSPS) is 16.8. The number of rotatable bonds is 13. The lowest BCUT2D eigenvalue weighted by atomic mass is 9.83. The monoisotopic (exact) mass is 715 g/mol. The maximum absolute atomic E-state index is 13.8. The highest BCUT2D eigenvalue weighted by Gasteiger charge is 2.39. The van der Waals surface area contributed by atoms with Gasteiger partial charge in [0.2, 0.25) is 11.8 Å². The molecular weight excluding hydrogens is 649 g/mol. The molecule has 2 amide bonds. The second kappa shape index (κ2) is 30.5. The highest BCUT2D eigenvalue weighted by atomic mass is 35.5. The zero-order valence-electron chi connectivity index (χ0n) is 31.6.